The number of benzene rings is 2. The molecule has 0 spiro atoms. The summed E-state index contributed by atoms with van der Waals surface area (Å²) in [5.74, 6) is 1.40. The smallest absolute Gasteiger partial charge is 0.125 e. The fourth-order valence-electron chi connectivity index (χ4n) is 1.55. The lowest BCUT2D eigenvalue weighted by atomic mass is 10.2. The van der Waals surface area contributed by atoms with E-state index in [0.29, 0.717) is 19.0 Å². The molecule has 3 nitrogen and oxygen atoms in total. The quantitative estimate of drug-likeness (QED) is 0.496. The maximum atomic E-state index is 5.87. The Bertz CT molecular complexity index is 494. The van der Waals surface area contributed by atoms with E-state index in [2.05, 4.69) is 4.99 Å². The van der Waals surface area contributed by atoms with Crippen LogP contribution in [0.1, 0.15) is 5.56 Å². The number of hydrogen-bond acceptors (Lipinski definition) is 2. The van der Waals surface area contributed by atoms with Gasteiger partial charge < -0.3 is 10.5 Å². The molecule has 0 aliphatic heterocycles. The molecule has 0 bridgehead atoms. The zero-order valence-electron chi connectivity index (χ0n) is 10.1. The van der Waals surface area contributed by atoms with E-state index in [9.17, 15) is 0 Å². The van der Waals surface area contributed by atoms with E-state index in [-0.39, 0.29) is 0 Å². The third-order valence-electron chi connectivity index (χ3n) is 2.45. The van der Waals surface area contributed by atoms with Gasteiger partial charge in [0.15, 0.2) is 0 Å². The van der Waals surface area contributed by atoms with Gasteiger partial charge in [0.1, 0.15) is 18.2 Å². The number of rotatable bonds is 5. The Balaban J connectivity index is 1.81. The van der Waals surface area contributed by atoms with E-state index >= 15 is 0 Å². The number of aliphatic imine (C=N–C) groups is 1. The molecule has 2 N–H and O–H groups in total. The molecule has 18 heavy (non-hydrogen) atoms. The van der Waals surface area contributed by atoms with Gasteiger partial charge in [0.05, 0.1) is 6.54 Å². The first kappa shape index (κ1) is 12.2. The van der Waals surface area contributed by atoms with E-state index in [4.69, 9.17) is 10.5 Å². The lowest BCUT2D eigenvalue weighted by Crippen LogP contribution is -2.15. The lowest BCUT2D eigenvalue weighted by Gasteiger charge is -2.04. The van der Waals surface area contributed by atoms with E-state index < -0.39 is 0 Å². The van der Waals surface area contributed by atoms with Crippen molar-refractivity contribution in [2.45, 2.75) is 0 Å². The molecule has 3 heteroatoms. The largest absolute Gasteiger partial charge is 0.492 e. The standard InChI is InChI=1S/C15H16N2O/c16-15(13-7-3-1-4-8-13)17-11-12-18-14-9-5-2-6-10-14/h1-10H,11-12H2,(H2,16,17). The van der Waals surface area contributed by atoms with Crippen LogP contribution in [0.25, 0.3) is 0 Å². The zero-order chi connectivity index (χ0) is 12.6. The van der Waals surface area contributed by atoms with Crippen LogP contribution in [0.15, 0.2) is 65.7 Å². The van der Waals surface area contributed by atoms with Crippen molar-refractivity contribution in [1.82, 2.24) is 0 Å². The minimum absolute atomic E-state index is 0.525. The second-order valence-electron chi connectivity index (χ2n) is 3.79. The molecule has 0 saturated heterocycles. The highest BCUT2D eigenvalue weighted by atomic mass is 16.5. The summed E-state index contributed by atoms with van der Waals surface area (Å²) in [6.07, 6.45) is 0. The summed E-state index contributed by atoms with van der Waals surface area (Å²) in [5.41, 5.74) is 6.81. The predicted octanol–water partition coefficient (Wildman–Crippen LogP) is 2.47. The van der Waals surface area contributed by atoms with Crippen LogP contribution in [0, 0.1) is 0 Å². The molecule has 92 valence electrons. The third kappa shape index (κ3) is 3.63. The van der Waals surface area contributed by atoms with Crippen LogP contribution < -0.4 is 10.5 Å². The molecular formula is C15H16N2O. The number of nitrogens with two attached hydrogens (primary N) is 1. The van der Waals surface area contributed by atoms with E-state index in [1.807, 2.05) is 60.7 Å². The van der Waals surface area contributed by atoms with Crippen LogP contribution >= 0.6 is 0 Å². The van der Waals surface area contributed by atoms with Crippen LogP contribution in [0.4, 0.5) is 0 Å². The molecule has 2 aromatic rings. The first-order chi connectivity index (χ1) is 8.86. The normalized spacial score (nSPS) is 11.2. The molecule has 0 saturated carbocycles. The molecule has 0 aromatic heterocycles. The van der Waals surface area contributed by atoms with Gasteiger partial charge in [-0.3, -0.25) is 4.99 Å². The minimum Gasteiger partial charge on any atom is -0.492 e. The number of nitrogens with zero attached hydrogens (tertiary/aromatic N) is 1. The zero-order valence-corrected chi connectivity index (χ0v) is 10.1. The Hall–Kier alpha value is -2.29. The molecule has 0 radical (unpaired) electrons. The van der Waals surface area contributed by atoms with Gasteiger partial charge in [-0.05, 0) is 12.1 Å². The van der Waals surface area contributed by atoms with Gasteiger partial charge in [-0.15, -0.1) is 0 Å². The van der Waals surface area contributed by atoms with Crippen molar-refractivity contribution in [2.75, 3.05) is 13.2 Å². The van der Waals surface area contributed by atoms with Crippen LogP contribution in [-0.2, 0) is 0 Å². The van der Waals surface area contributed by atoms with Crippen molar-refractivity contribution in [3.63, 3.8) is 0 Å². The van der Waals surface area contributed by atoms with Crippen molar-refractivity contribution in [2.24, 2.45) is 10.7 Å². The highest BCUT2D eigenvalue weighted by Crippen LogP contribution is 2.07. The number of amidine groups is 1. The predicted molar refractivity (Wildman–Crippen MR) is 74.0 cm³/mol. The highest BCUT2D eigenvalue weighted by Gasteiger charge is 1.96. The van der Waals surface area contributed by atoms with Crippen molar-refractivity contribution >= 4 is 5.84 Å². The van der Waals surface area contributed by atoms with Gasteiger partial charge >= 0.3 is 0 Å². The van der Waals surface area contributed by atoms with E-state index in [1.165, 1.54) is 0 Å². The Kier molecular flexibility index (Phi) is 4.36. The molecule has 0 unspecified atom stereocenters. The topological polar surface area (TPSA) is 47.6 Å². The molecular weight excluding hydrogens is 224 g/mol. The summed E-state index contributed by atoms with van der Waals surface area (Å²) in [5, 5.41) is 0. The monoisotopic (exact) mass is 240 g/mol. The summed E-state index contributed by atoms with van der Waals surface area (Å²) in [4.78, 5) is 4.28. The summed E-state index contributed by atoms with van der Waals surface area (Å²) >= 11 is 0. The second kappa shape index (κ2) is 6.45. The van der Waals surface area contributed by atoms with Gasteiger partial charge in [-0.25, -0.2) is 0 Å². The summed E-state index contributed by atoms with van der Waals surface area (Å²) in [6.45, 7) is 1.08. The Morgan fingerprint density at radius 2 is 1.56 bits per heavy atom. The number of para-hydroxylation sites is 1. The van der Waals surface area contributed by atoms with Crippen molar-refractivity contribution in [3.05, 3.63) is 66.2 Å². The Morgan fingerprint density at radius 3 is 2.22 bits per heavy atom. The molecule has 0 heterocycles. The van der Waals surface area contributed by atoms with Crippen LogP contribution in [0.3, 0.4) is 0 Å². The molecule has 0 amide bonds. The first-order valence-corrected chi connectivity index (χ1v) is 5.89. The van der Waals surface area contributed by atoms with Crippen LogP contribution in [0.5, 0.6) is 5.75 Å². The Labute approximate surface area is 107 Å². The molecule has 2 rings (SSSR count). The maximum Gasteiger partial charge on any atom is 0.125 e. The minimum atomic E-state index is 0.525. The summed E-state index contributed by atoms with van der Waals surface area (Å²) in [7, 11) is 0. The summed E-state index contributed by atoms with van der Waals surface area (Å²) in [6, 6.07) is 19.4. The fourth-order valence-corrected chi connectivity index (χ4v) is 1.55. The van der Waals surface area contributed by atoms with Crippen molar-refractivity contribution in [3.8, 4) is 5.75 Å². The molecule has 2 aromatic carbocycles. The molecule has 0 aliphatic rings. The van der Waals surface area contributed by atoms with Gasteiger partial charge in [0, 0.05) is 5.56 Å². The SMILES string of the molecule is NC(=NCCOc1ccccc1)c1ccccc1. The van der Waals surface area contributed by atoms with E-state index in [0.717, 1.165) is 11.3 Å². The third-order valence-corrected chi connectivity index (χ3v) is 2.45. The number of ether oxygens (including phenoxy) is 1. The van der Waals surface area contributed by atoms with Crippen LogP contribution in [0.2, 0.25) is 0 Å². The highest BCUT2D eigenvalue weighted by molar-refractivity contribution is 5.97. The van der Waals surface area contributed by atoms with Crippen LogP contribution in [-0.4, -0.2) is 19.0 Å². The van der Waals surface area contributed by atoms with Crippen molar-refractivity contribution in [1.29, 1.82) is 0 Å². The lowest BCUT2D eigenvalue weighted by molar-refractivity contribution is 0.329. The number of hydrogen-bond donors (Lipinski definition) is 1. The van der Waals surface area contributed by atoms with E-state index in [1.54, 1.807) is 0 Å². The molecule has 0 atom stereocenters. The maximum absolute atomic E-state index is 5.87. The first-order valence-electron chi connectivity index (χ1n) is 5.89. The van der Waals surface area contributed by atoms with Gasteiger partial charge in [-0.2, -0.15) is 0 Å². The average molecular weight is 240 g/mol. The van der Waals surface area contributed by atoms with Gasteiger partial charge in [-0.1, -0.05) is 48.5 Å². The fraction of sp³-hybridized carbons (Fsp3) is 0.133. The van der Waals surface area contributed by atoms with Crippen molar-refractivity contribution < 1.29 is 4.74 Å². The molecule has 0 fully saturated rings. The second-order valence-corrected chi connectivity index (χ2v) is 3.79. The van der Waals surface area contributed by atoms with Gasteiger partial charge in [0.25, 0.3) is 0 Å². The summed E-state index contributed by atoms with van der Waals surface area (Å²) < 4.78 is 5.53. The van der Waals surface area contributed by atoms with Gasteiger partial charge in [0.2, 0.25) is 0 Å². The average Bonchev–Trinajstić information content (AvgIpc) is 2.45. The molecule has 0 aliphatic carbocycles. The Morgan fingerprint density at radius 1 is 0.944 bits per heavy atom.